The van der Waals surface area contributed by atoms with Crippen molar-refractivity contribution in [3.05, 3.63) is 35.9 Å². The highest BCUT2D eigenvalue weighted by Crippen LogP contribution is 2.54. The average molecular weight is 265 g/mol. The van der Waals surface area contributed by atoms with Gasteiger partial charge in [-0.25, -0.2) is 0 Å². The Morgan fingerprint density at radius 3 is 2.47 bits per heavy atom. The van der Waals surface area contributed by atoms with E-state index in [4.69, 9.17) is 0 Å². The fourth-order valence-electron chi connectivity index (χ4n) is 3.54. The smallest absolute Gasteiger partial charge is 0.0426 e. The molecular weight excluding hydrogens is 248 g/mol. The zero-order valence-electron chi connectivity index (χ0n) is 8.90. The minimum atomic E-state index is 0.592. The summed E-state index contributed by atoms with van der Waals surface area (Å²) in [6.07, 6.45) is 5.93. The molecule has 2 aliphatic carbocycles. The molecule has 2 fully saturated rings. The minimum absolute atomic E-state index is 0.592. The molecule has 0 heterocycles. The summed E-state index contributed by atoms with van der Waals surface area (Å²) in [5, 5.41) is 0. The van der Waals surface area contributed by atoms with Gasteiger partial charge in [0.25, 0.3) is 0 Å². The van der Waals surface area contributed by atoms with Gasteiger partial charge < -0.3 is 0 Å². The van der Waals surface area contributed by atoms with E-state index in [1.165, 1.54) is 31.2 Å². The summed E-state index contributed by atoms with van der Waals surface area (Å²) in [6, 6.07) is 10.9. The first-order valence-electron chi connectivity index (χ1n) is 6.03. The Balaban J connectivity index is 1.78. The van der Waals surface area contributed by atoms with Crippen LogP contribution in [0.5, 0.6) is 0 Å². The SMILES string of the molecule is BrC(c1ccccc1)C1CC2CCC1C2. The quantitative estimate of drug-likeness (QED) is 0.688. The maximum atomic E-state index is 3.91. The van der Waals surface area contributed by atoms with Crippen LogP contribution in [0.1, 0.15) is 36.1 Å². The maximum absolute atomic E-state index is 3.91. The van der Waals surface area contributed by atoms with Crippen molar-refractivity contribution >= 4 is 15.9 Å². The van der Waals surface area contributed by atoms with Gasteiger partial charge in [0.15, 0.2) is 0 Å². The van der Waals surface area contributed by atoms with Gasteiger partial charge in [0, 0.05) is 4.83 Å². The fraction of sp³-hybridized carbons (Fsp3) is 0.571. The molecule has 0 amide bonds. The van der Waals surface area contributed by atoms with Gasteiger partial charge in [-0.1, -0.05) is 52.7 Å². The van der Waals surface area contributed by atoms with Crippen molar-refractivity contribution in [2.75, 3.05) is 0 Å². The Hall–Kier alpha value is -0.300. The van der Waals surface area contributed by atoms with E-state index in [9.17, 15) is 0 Å². The molecule has 1 aromatic carbocycles. The summed E-state index contributed by atoms with van der Waals surface area (Å²) in [6.45, 7) is 0. The molecule has 2 aliphatic rings. The summed E-state index contributed by atoms with van der Waals surface area (Å²) >= 11 is 3.91. The van der Waals surface area contributed by atoms with Crippen molar-refractivity contribution in [3.63, 3.8) is 0 Å². The van der Waals surface area contributed by atoms with Crippen LogP contribution in [0.15, 0.2) is 30.3 Å². The molecule has 1 aromatic rings. The van der Waals surface area contributed by atoms with Gasteiger partial charge in [0.1, 0.15) is 0 Å². The molecule has 1 heteroatoms. The standard InChI is InChI=1S/C14H17Br/c15-14(11-4-2-1-3-5-11)13-9-10-6-7-12(13)8-10/h1-5,10,12-14H,6-9H2. The Morgan fingerprint density at radius 2 is 1.87 bits per heavy atom. The summed E-state index contributed by atoms with van der Waals surface area (Å²) < 4.78 is 0. The lowest BCUT2D eigenvalue weighted by atomic mass is 9.84. The van der Waals surface area contributed by atoms with Crippen molar-refractivity contribution in [3.8, 4) is 0 Å². The molecule has 0 aromatic heterocycles. The normalized spacial score (nSPS) is 35.7. The van der Waals surface area contributed by atoms with Crippen LogP contribution in [-0.2, 0) is 0 Å². The molecule has 4 unspecified atom stereocenters. The predicted molar refractivity (Wildman–Crippen MR) is 67.0 cm³/mol. The number of halogens is 1. The first-order valence-corrected chi connectivity index (χ1v) is 6.95. The third-order valence-corrected chi connectivity index (χ3v) is 5.49. The molecule has 0 aliphatic heterocycles. The van der Waals surface area contributed by atoms with Crippen molar-refractivity contribution in [1.29, 1.82) is 0 Å². The van der Waals surface area contributed by atoms with E-state index < -0.39 is 0 Å². The van der Waals surface area contributed by atoms with Crippen LogP contribution in [0, 0.1) is 17.8 Å². The Bertz CT molecular complexity index is 332. The van der Waals surface area contributed by atoms with Crippen LogP contribution in [0.3, 0.4) is 0 Å². The number of rotatable bonds is 2. The van der Waals surface area contributed by atoms with E-state index in [-0.39, 0.29) is 0 Å². The van der Waals surface area contributed by atoms with Gasteiger partial charge >= 0.3 is 0 Å². The molecule has 3 rings (SSSR count). The maximum Gasteiger partial charge on any atom is 0.0426 e. The Kier molecular flexibility index (Phi) is 2.59. The van der Waals surface area contributed by atoms with Crippen LogP contribution in [-0.4, -0.2) is 0 Å². The molecular formula is C14H17Br. The van der Waals surface area contributed by atoms with Gasteiger partial charge in [-0.15, -0.1) is 0 Å². The second kappa shape index (κ2) is 3.93. The van der Waals surface area contributed by atoms with Crippen LogP contribution < -0.4 is 0 Å². The zero-order valence-corrected chi connectivity index (χ0v) is 10.5. The second-order valence-corrected chi connectivity index (χ2v) is 6.14. The lowest BCUT2D eigenvalue weighted by Crippen LogP contribution is -2.15. The number of hydrogen-bond donors (Lipinski definition) is 0. The van der Waals surface area contributed by atoms with Crippen LogP contribution in [0.2, 0.25) is 0 Å². The van der Waals surface area contributed by atoms with Gasteiger partial charge in [-0.3, -0.25) is 0 Å². The highest BCUT2D eigenvalue weighted by Gasteiger charge is 2.42. The van der Waals surface area contributed by atoms with Gasteiger partial charge in [0.2, 0.25) is 0 Å². The van der Waals surface area contributed by atoms with Crippen LogP contribution >= 0.6 is 15.9 Å². The van der Waals surface area contributed by atoms with Crippen molar-refractivity contribution in [2.45, 2.75) is 30.5 Å². The van der Waals surface area contributed by atoms with E-state index >= 15 is 0 Å². The summed E-state index contributed by atoms with van der Waals surface area (Å²) in [7, 11) is 0. The van der Waals surface area contributed by atoms with E-state index in [0.29, 0.717) is 4.83 Å². The third-order valence-electron chi connectivity index (χ3n) is 4.29. The lowest BCUT2D eigenvalue weighted by molar-refractivity contribution is 0.329. The van der Waals surface area contributed by atoms with Gasteiger partial charge in [0.05, 0.1) is 0 Å². The van der Waals surface area contributed by atoms with Crippen LogP contribution in [0.4, 0.5) is 0 Å². The largest absolute Gasteiger partial charge is 0.0836 e. The Morgan fingerprint density at radius 1 is 1.07 bits per heavy atom. The fourth-order valence-corrected chi connectivity index (χ4v) is 4.49. The highest BCUT2D eigenvalue weighted by molar-refractivity contribution is 9.09. The molecule has 4 atom stereocenters. The molecule has 15 heavy (non-hydrogen) atoms. The molecule has 0 N–H and O–H groups in total. The number of fused-ring (bicyclic) bond motifs is 2. The molecule has 80 valence electrons. The predicted octanol–water partition coefficient (Wildman–Crippen LogP) is 4.56. The molecule has 0 spiro atoms. The first kappa shape index (κ1) is 9.89. The van der Waals surface area contributed by atoms with E-state index in [0.717, 1.165) is 17.8 Å². The Labute approximate surface area is 100 Å². The average Bonchev–Trinajstić information content (AvgIpc) is 2.91. The lowest BCUT2D eigenvalue weighted by Gasteiger charge is -2.26. The van der Waals surface area contributed by atoms with Gasteiger partial charge in [-0.2, -0.15) is 0 Å². The van der Waals surface area contributed by atoms with E-state index in [2.05, 4.69) is 46.3 Å². The molecule has 0 nitrogen and oxygen atoms in total. The minimum Gasteiger partial charge on any atom is -0.0836 e. The van der Waals surface area contributed by atoms with Crippen LogP contribution in [0.25, 0.3) is 0 Å². The van der Waals surface area contributed by atoms with Crippen molar-refractivity contribution < 1.29 is 0 Å². The first-order chi connectivity index (χ1) is 7.34. The summed E-state index contributed by atoms with van der Waals surface area (Å²) in [5.74, 6) is 2.94. The second-order valence-electron chi connectivity index (χ2n) is 5.15. The summed E-state index contributed by atoms with van der Waals surface area (Å²) in [4.78, 5) is 0.592. The highest BCUT2D eigenvalue weighted by atomic mass is 79.9. The van der Waals surface area contributed by atoms with E-state index in [1.54, 1.807) is 0 Å². The molecule has 0 radical (unpaired) electrons. The number of benzene rings is 1. The third kappa shape index (κ3) is 1.75. The molecule has 2 bridgehead atoms. The topological polar surface area (TPSA) is 0 Å². The van der Waals surface area contributed by atoms with E-state index in [1.807, 2.05) is 0 Å². The van der Waals surface area contributed by atoms with Crippen molar-refractivity contribution in [2.24, 2.45) is 17.8 Å². The monoisotopic (exact) mass is 264 g/mol. The zero-order chi connectivity index (χ0) is 10.3. The summed E-state index contributed by atoms with van der Waals surface area (Å²) in [5.41, 5.74) is 1.47. The number of hydrogen-bond acceptors (Lipinski definition) is 0. The molecule has 2 saturated carbocycles. The van der Waals surface area contributed by atoms with Crippen molar-refractivity contribution in [1.82, 2.24) is 0 Å². The molecule has 0 saturated heterocycles. The number of alkyl halides is 1. The van der Waals surface area contributed by atoms with Gasteiger partial charge in [-0.05, 0) is 42.6 Å².